The summed E-state index contributed by atoms with van der Waals surface area (Å²) >= 11 is 0. The molecule has 1 aromatic rings. The van der Waals surface area contributed by atoms with Gasteiger partial charge in [0.25, 0.3) is 0 Å². The second kappa shape index (κ2) is 9.30. The number of fused-ring (bicyclic) bond motifs is 2. The molecule has 3 rings (SSSR count). The Morgan fingerprint density at radius 2 is 1.88 bits per heavy atom. The van der Waals surface area contributed by atoms with Crippen molar-refractivity contribution in [3.8, 4) is 0 Å². The standard InChI is InChI=1S/C13H16N2O.C3H9N3.C2H6/c1-9-2-3-11-10(8-9)13(12(16)15-11)4-6-14-7-5-13;1-6(5)3-2-4;1-2/h2-3,8,14H,4-7H2,1H3,(H,15,16);2-3H,4-5H2,1H3;1-2H3/b;3-2-;. The molecule has 0 saturated carbocycles. The Hall–Kier alpha value is -2.05. The summed E-state index contributed by atoms with van der Waals surface area (Å²) in [7, 11) is 1.70. The number of anilines is 1. The van der Waals surface area contributed by atoms with Crippen molar-refractivity contribution in [3.05, 3.63) is 41.7 Å². The lowest BCUT2D eigenvalue weighted by atomic mass is 9.74. The van der Waals surface area contributed by atoms with E-state index in [9.17, 15) is 4.79 Å². The largest absolute Gasteiger partial charge is 0.403 e. The van der Waals surface area contributed by atoms with Gasteiger partial charge in [-0.3, -0.25) is 4.79 Å². The number of amides is 1. The molecule has 0 aromatic heterocycles. The van der Waals surface area contributed by atoms with Crippen molar-refractivity contribution in [1.82, 2.24) is 10.3 Å². The van der Waals surface area contributed by atoms with Crippen molar-refractivity contribution in [2.75, 3.05) is 25.5 Å². The number of hydrazine groups is 1. The normalized spacial score (nSPS) is 17.3. The van der Waals surface area contributed by atoms with E-state index in [1.54, 1.807) is 13.2 Å². The molecule has 2 aliphatic heterocycles. The number of carbonyl (C=O) groups is 1. The average molecular weight is 333 g/mol. The van der Waals surface area contributed by atoms with Crippen LogP contribution in [0.4, 0.5) is 5.69 Å². The van der Waals surface area contributed by atoms with E-state index >= 15 is 0 Å². The van der Waals surface area contributed by atoms with Crippen LogP contribution in [0, 0.1) is 6.92 Å². The average Bonchev–Trinajstić information content (AvgIpc) is 2.83. The van der Waals surface area contributed by atoms with Crippen LogP contribution in [0.2, 0.25) is 0 Å². The molecule has 6 N–H and O–H groups in total. The Bertz CT molecular complexity index is 563. The molecule has 1 saturated heterocycles. The second-order valence-corrected chi connectivity index (χ2v) is 5.84. The maximum Gasteiger partial charge on any atom is 0.235 e. The first-order chi connectivity index (χ1) is 11.5. The molecule has 0 radical (unpaired) electrons. The molecule has 2 aliphatic rings. The Labute approximate surface area is 145 Å². The van der Waals surface area contributed by atoms with Gasteiger partial charge in [0, 0.05) is 25.1 Å². The van der Waals surface area contributed by atoms with Crippen molar-refractivity contribution < 1.29 is 4.79 Å². The SMILES string of the molecule is CC.CN(N)/C=C\N.Cc1ccc2c(c1)C1(CCNCC1)C(=O)N2. The Morgan fingerprint density at radius 3 is 2.38 bits per heavy atom. The fourth-order valence-electron chi connectivity index (χ4n) is 3.01. The van der Waals surface area contributed by atoms with Crippen molar-refractivity contribution in [2.24, 2.45) is 11.6 Å². The van der Waals surface area contributed by atoms with Crippen LogP contribution < -0.4 is 22.2 Å². The van der Waals surface area contributed by atoms with Crippen LogP contribution in [0.25, 0.3) is 0 Å². The monoisotopic (exact) mass is 333 g/mol. The van der Waals surface area contributed by atoms with E-state index in [0.717, 1.165) is 31.6 Å². The Morgan fingerprint density at radius 1 is 1.25 bits per heavy atom. The number of benzene rings is 1. The summed E-state index contributed by atoms with van der Waals surface area (Å²) in [6.07, 6.45) is 4.75. The predicted molar refractivity (Wildman–Crippen MR) is 100 cm³/mol. The van der Waals surface area contributed by atoms with Gasteiger partial charge in [-0.1, -0.05) is 31.5 Å². The third-order valence-electron chi connectivity index (χ3n) is 4.15. The van der Waals surface area contributed by atoms with Crippen LogP contribution >= 0.6 is 0 Å². The number of rotatable bonds is 1. The lowest BCUT2D eigenvalue weighted by Gasteiger charge is -2.32. The van der Waals surface area contributed by atoms with E-state index in [2.05, 4.69) is 29.7 Å². The fraction of sp³-hybridized carbons (Fsp3) is 0.500. The van der Waals surface area contributed by atoms with Gasteiger partial charge in [0.2, 0.25) is 5.91 Å². The molecular weight excluding hydrogens is 302 g/mol. The highest BCUT2D eigenvalue weighted by Crippen LogP contribution is 2.43. The first-order valence-corrected chi connectivity index (χ1v) is 8.49. The molecular formula is C18H31N5O. The summed E-state index contributed by atoms with van der Waals surface area (Å²) in [5.74, 6) is 5.26. The maximum absolute atomic E-state index is 12.2. The summed E-state index contributed by atoms with van der Waals surface area (Å²) in [6, 6.07) is 6.25. The number of nitrogens with two attached hydrogens (primary N) is 2. The van der Waals surface area contributed by atoms with Gasteiger partial charge in [-0.05, 0) is 44.5 Å². The van der Waals surface area contributed by atoms with Crippen LogP contribution in [0.5, 0.6) is 0 Å². The number of hydrogen-bond donors (Lipinski definition) is 4. The summed E-state index contributed by atoms with van der Waals surface area (Å²) in [5, 5.41) is 7.72. The first-order valence-electron chi connectivity index (χ1n) is 8.49. The van der Waals surface area contributed by atoms with Crippen molar-refractivity contribution in [3.63, 3.8) is 0 Å². The molecule has 1 spiro atoms. The van der Waals surface area contributed by atoms with E-state index < -0.39 is 0 Å². The molecule has 24 heavy (non-hydrogen) atoms. The molecule has 0 atom stereocenters. The molecule has 6 heteroatoms. The summed E-state index contributed by atoms with van der Waals surface area (Å²) < 4.78 is 0. The highest BCUT2D eigenvalue weighted by molar-refractivity contribution is 6.06. The third-order valence-corrected chi connectivity index (χ3v) is 4.15. The van der Waals surface area contributed by atoms with Gasteiger partial charge in [-0.15, -0.1) is 0 Å². The zero-order valence-corrected chi connectivity index (χ0v) is 15.2. The van der Waals surface area contributed by atoms with Crippen LogP contribution in [-0.4, -0.2) is 31.1 Å². The van der Waals surface area contributed by atoms with Gasteiger partial charge in [0.1, 0.15) is 0 Å². The lowest BCUT2D eigenvalue weighted by molar-refractivity contribution is -0.121. The van der Waals surface area contributed by atoms with Crippen LogP contribution in [0.1, 0.15) is 37.8 Å². The molecule has 0 aliphatic carbocycles. The highest BCUT2D eigenvalue weighted by atomic mass is 16.2. The molecule has 0 bridgehead atoms. The number of hydrogen-bond acceptors (Lipinski definition) is 5. The van der Waals surface area contributed by atoms with Crippen molar-refractivity contribution in [2.45, 2.75) is 39.0 Å². The number of piperidine rings is 1. The minimum atomic E-state index is -0.257. The molecule has 134 valence electrons. The zero-order chi connectivity index (χ0) is 18.2. The molecule has 1 fully saturated rings. The summed E-state index contributed by atoms with van der Waals surface area (Å²) in [5.41, 5.74) is 8.12. The molecule has 1 amide bonds. The van der Waals surface area contributed by atoms with E-state index in [1.807, 2.05) is 19.9 Å². The van der Waals surface area contributed by atoms with Crippen molar-refractivity contribution >= 4 is 11.6 Å². The number of nitrogens with one attached hydrogen (secondary N) is 2. The van der Waals surface area contributed by atoms with Crippen molar-refractivity contribution in [1.29, 1.82) is 0 Å². The predicted octanol–water partition coefficient (Wildman–Crippen LogP) is 1.82. The van der Waals surface area contributed by atoms with Gasteiger partial charge >= 0.3 is 0 Å². The van der Waals surface area contributed by atoms with Gasteiger partial charge < -0.3 is 21.4 Å². The minimum Gasteiger partial charge on any atom is -0.403 e. The Kier molecular flexibility index (Phi) is 7.74. The molecule has 6 nitrogen and oxygen atoms in total. The van der Waals surface area contributed by atoms with Gasteiger partial charge in [-0.2, -0.15) is 0 Å². The van der Waals surface area contributed by atoms with Crippen LogP contribution in [-0.2, 0) is 10.2 Å². The Balaban J connectivity index is 0.000000309. The topological polar surface area (TPSA) is 96.4 Å². The van der Waals surface area contributed by atoms with Crippen LogP contribution in [0.3, 0.4) is 0 Å². The van der Waals surface area contributed by atoms with Gasteiger partial charge in [-0.25, -0.2) is 5.84 Å². The van der Waals surface area contributed by atoms with E-state index in [0.29, 0.717) is 0 Å². The number of carbonyl (C=O) groups excluding carboxylic acids is 1. The number of nitrogens with zero attached hydrogens (tertiary/aromatic N) is 1. The first kappa shape index (κ1) is 20.0. The minimum absolute atomic E-state index is 0.189. The number of aryl methyl sites for hydroxylation is 1. The molecule has 0 unspecified atom stereocenters. The quantitative estimate of drug-likeness (QED) is 0.464. The van der Waals surface area contributed by atoms with Gasteiger partial charge in [0.15, 0.2) is 0 Å². The maximum atomic E-state index is 12.2. The molecule has 1 aromatic carbocycles. The zero-order valence-electron chi connectivity index (χ0n) is 15.2. The highest BCUT2D eigenvalue weighted by Gasteiger charge is 2.46. The van der Waals surface area contributed by atoms with E-state index in [4.69, 9.17) is 11.6 Å². The second-order valence-electron chi connectivity index (χ2n) is 5.84. The lowest BCUT2D eigenvalue weighted by Crippen LogP contribution is -2.44. The third kappa shape index (κ3) is 4.49. The fourth-order valence-corrected chi connectivity index (χ4v) is 3.01. The smallest absolute Gasteiger partial charge is 0.235 e. The van der Waals surface area contributed by atoms with Gasteiger partial charge in [0.05, 0.1) is 5.41 Å². The molecule has 2 heterocycles. The van der Waals surface area contributed by atoms with E-state index in [1.165, 1.54) is 22.3 Å². The van der Waals surface area contributed by atoms with Crippen LogP contribution in [0.15, 0.2) is 30.6 Å². The summed E-state index contributed by atoms with van der Waals surface area (Å²) in [6.45, 7) is 7.94. The van der Waals surface area contributed by atoms with E-state index in [-0.39, 0.29) is 11.3 Å². The summed E-state index contributed by atoms with van der Waals surface area (Å²) in [4.78, 5) is 12.2.